The van der Waals surface area contributed by atoms with Gasteiger partial charge in [0.05, 0.1) is 0 Å². The fourth-order valence-electron chi connectivity index (χ4n) is 3.33. The molecule has 0 heteroatoms. The lowest BCUT2D eigenvalue weighted by molar-refractivity contribution is 0.431. The quantitative estimate of drug-likeness (QED) is 0.407. The van der Waals surface area contributed by atoms with E-state index in [0.717, 1.165) is 23.7 Å². The van der Waals surface area contributed by atoms with Gasteiger partial charge in [-0.3, -0.25) is 0 Å². The Labute approximate surface area is 114 Å². The Bertz CT molecular complexity index is 232. The van der Waals surface area contributed by atoms with Crippen molar-refractivity contribution in [1.82, 2.24) is 0 Å². The van der Waals surface area contributed by atoms with Crippen molar-refractivity contribution in [3.63, 3.8) is 0 Å². The fraction of sp³-hybridized carbons (Fsp3) is 0.944. The summed E-state index contributed by atoms with van der Waals surface area (Å²) in [7, 11) is 0. The molecule has 0 aromatic carbocycles. The van der Waals surface area contributed by atoms with Crippen LogP contribution in [0.3, 0.4) is 0 Å². The van der Waals surface area contributed by atoms with E-state index in [1.807, 2.05) is 0 Å². The van der Waals surface area contributed by atoms with Gasteiger partial charge < -0.3 is 0 Å². The molecule has 1 radical (unpaired) electrons. The summed E-state index contributed by atoms with van der Waals surface area (Å²) >= 11 is 0. The van der Waals surface area contributed by atoms with Crippen LogP contribution in [0.5, 0.6) is 0 Å². The molecule has 0 aromatic heterocycles. The third-order valence-electron chi connectivity index (χ3n) is 5.18. The van der Waals surface area contributed by atoms with Crippen LogP contribution in [0.2, 0.25) is 0 Å². The highest BCUT2D eigenvalue weighted by Crippen LogP contribution is 2.40. The number of rotatable bonds is 11. The average molecular weight is 247 g/mol. The summed E-state index contributed by atoms with van der Waals surface area (Å²) in [6.07, 6.45) is 22.5. The van der Waals surface area contributed by atoms with Crippen molar-refractivity contribution < 1.29 is 0 Å². The number of hydrogen-bond donors (Lipinski definition) is 0. The first kappa shape index (κ1) is 13.0. The summed E-state index contributed by atoms with van der Waals surface area (Å²) in [5, 5.41) is 0. The Morgan fingerprint density at radius 1 is 0.722 bits per heavy atom. The second kappa shape index (κ2) is 6.44. The van der Waals surface area contributed by atoms with Crippen molar-refractivity contribution in [3.05, 3.63) is 6.42 Å². The summed E-state index contributed by atoms with van der Waals surface area (Å²) < 4.78 is 0. The van der Waals surface area contributed by atoms with Crippen LogP contribution in [0.25, 0.3) is 0 Å². The van der Waals surface area contributed by atoms with E-state index >= 15 is 0 Å². The Morgan fingerprint density at radius 3 is 1.94 bits per heavy atom. The molecule has 3 aliphatic rings. The molecule has 0 saturated heterocycles. The van der Waals surface area contributed by atoms with Crippen molar-refractivity contribution in [3.8, 4) is 0 Å². The molecular formula is C18H31. The third-order valence-corrected chi connectivity index (χ3v) is 5.18. The second-order valence-corrected chi connectivity index (χ2v) is 7.39. The van der Waals surface area contributed by atoms with Gasteiger partial charge in [-0.25, -0.2) is 0 Å². The van der Waals surface area contributed by atoms with Gasteiger partial charge in [0.25, 0.3) is 0 Å². The largest absolute Gasteiger partial charge is 0.0530 e. The van der Waals surface area contributed by atoms with E-state index in [4.69, 9.17) is 0 Å². The normalized spacial score (nSPS) is 25.3. The van der Waals surface area contributed by atoms with Crippen molar-refractivity contribution in [2.45, 2.75) is 83.5 Å². The Kier molecular flexibility index (Phi) is 4.65. The summed E-state index contributed by atoms with van der Waals surface area (Å²) in [6.45, 7) is 0. The summed E-state index contributed by atoms with van der Waals surface area (Å²) in [5.74, 6) is 4.29. The highest BCUT2D eigenvalue weighted by Gasteiger charge is 2.27. The molecule has 0 amide bonds. The molecule has 0 nitrogen and oxygen atoms in total. The van der Waals surface area contributed by atoms with Gasteiger partial charge in [0, 0.05) is 0 Å². The highest BCUT2D eigenvalue weighted by atomic mass is 14.3. The van der Waals surface area contributed by atoms with Gasteiger partial charge in [0.1, 0.15) is 0 Å². The van der Waals surface area contributed by atoms with Crippen LogP contribution in [0.1, 0.15) is 83.5 Å². The van der Waals surface area contributed by atoms with Crippen LogP contribution in [0.15, 0.2) is 0 Å². The molecule has 0 heterocycles. The third kappa shape index (κ3) is 5.33. The molecule has 3 aliphatic carbocycles. The highest BCUT2D eigenvalue weighted by molar-refractivity contribution is 4.92. The fourth-order valence-corrected chi connectivity index (χ4v) is 3.33. The van der Waals surface area contributed by atoms with E-state index in [2.05, 4.69) is 6.42 Å². The van der Waals surface area contributed by atoms with Crippen LogP contribution >= 0.6 is 0 Å². The van der Waals surface area contributed by atoms with Crippen LogP contribution in [-0.4, -0.2) is 0 Å². The maximum atomic E-state index is 2.74. The van der Waals surface area contributed by atoms with Crippen LogP contribution in [-0.2, 0) is 0 Å². The summed E-state index contributed by atoms with van der Waals surface area (Å²) in [5.41, 5.74) is 0. The van der Waals surface area contributed by atoms with Gasteiger partial charge in [-0.05, 0) is 42.9 Å². The molecule has 103 valence electrons. The monoisotopic (exact) mass is 247 g/mol. The van der Waals surface area contributed by atoms with E-state index in [9.17, 15) is 0 Å². The minimum absolute atomic E-state index is 0.982. The van der Waals surface area contributed by atoms with Crippen molar-refractivity contribution in [2.75, 3.05) is 0 Å². The average Bonchev–Trinajstić information content (AvgIpc) is 3.22. The van der Waals surface area contributed by atoms with E-state index in [1.165, 1.54) is 57.8 Å². The Morgan fingerprint density at radius 2 is 1.33 bits per heavy atom. The van der Waals surface area contributed by atoms with Gasteiger partial charge in [-0.1, -0.05) is 70.6 Å². The van der Waals surface area contributed by atoms with Crippen LogP contribution in [0.4, 0.5) is 0 Å². The Hall–Kier alpha value is 0. The zero-order valence-corrected chi connectivity index (χ0v) is 12.1. The predicted molar refractivity (Wildman–Crippen MR) is 78.3 cm³/mol. The molecule has 3 saturated carbocycles. The predicted octanol–water partition coefficient (Wildman–Crippen LogP) is 5.77. The van der Waals surface area contributed by atoms with E-state index < -0.39 is 0 Å². The van der Waals surface area contributed by atoms with Crippen molar-refractivity contribution in [2.24, 2.45) is 23.7 Å². The molecule has 0 spiro atoms. The molecule has 18 heavy (non-hydrogen) atoms. The maximum Gasteiger partial charge on any atom is -0.0324 e. The number of hydrogen-bond acceptors (Lipinski definition) is 0. The van der Waals surface area contributed by atoms with E-state index in [-0.39, 0.29) is 0 Å². The standard InChI is InChI=1S/C18H31/c1(4-15-8-9-15)2-5-17(14-18-12-13-18)7-3-6-16-10-11-16/h14-18H,1-13H2. The van der Waals surface area contributed by atoms with Gasteiger partial charge in [-0.15, -0.1) is 0 Å². The zero-order chi connectivity index (χ0) is 12.2. The minimum Gasteiger partial charge on any atom is -0.0530 e. The van der Waals surface area contributed by atoms with Gasteiger partial charge in [0.15, 0.2) is 0 Å². The Balaban J connectivity index is 1.25. The molecule has 0 aromatic rings. The second-order valence-electron chi connectivity index (χ2n) is 7.39. The molecule has 1 atom stereocenters. The number of unbranched alkanes of at least 4 members (excludes halogenated alkanes) is 1. The maximum absolute atomic E-state index is 2.74. The summed E-state index contributed by atoms with van der Waals surface area (Å²) in [4.78, 5) is 0. The first-order valence-corrected chi connectivity index (χ1v) is 8.75. The lowest BCUT2D eigenvalue weighted by Crippen LogP contribution is -2.03. The molecule has 0 N–H and O–H groups in total. The van der Waals surface area contributed by atoms with E-state index in [1.54, 1.807) is 25.7 Å². The summed E-state index contributed by atoms with van der Waals surface area (Å²) in [6, 6.07) is 0. The zero-order valence-electron chi connectivity index (χ0n) is 12.1. The molecular weight excluding hydrogens is 216 g/mol. The van der Waals surface area contributed by atoms with Gasteiger partial charge >= 0.3 is 0 Å². The van der Waals surface area contributed by atoms with E-state index in [0.29, 0.717) is 0 Å². The first-order chi connectivity index (χ1) is 8.90. The topological polar surface area (TPSA) is 0 Å². The lowest BCUT2D eigenvalue weighted by Gasteiger charge is -2.16. The smallest absolute Gasteiger partial charge is 0.0324 e. The lowest BCUT2D eigenvalue weighted by atomic mass is 9.90. The van der Waals surface area contributed by atoms with Gasteiger partial charge in [-0.2, -0.15) is 0 Å². The van der Waals surface area contributed by atoms with Crippen molar-refractivity contribution in [1.29, 1.82) is 0 Å². The molecule has 0 bridgehead atoms. The van der Waals surface area contributed by atoms with Gasteiger partial charge in [0.2, 0.25) is 0 Å². The first-order valence-electron chi connectivity index (χ1n) is 8.75. The molecule has 3 fully saturated rings. The minimum atomic E-state index is 0.982. The van der Waals surface area contributed by atoms with Crippen molar-refractivity contribution >= 4 is 0 Å². The molecule has 0 aliphatic heterocycles. The molecule has 3 rings (SSSR count). The van der Waals surface area contributed by atoms with Crippen LogP contribution < -0.4 is 0 Å². The van der Waals surface area contributed by atoms with Crippen LogP contribution in [0, 0.1) is 30.1 Å². The SMILES string of the molecule is [CH](C(CCCCC1CC1)CCCC1CC1)C1CC1. The molecule has 1 unspecified atom stereocenters.